The smallest absolute Gasteiger partial charge is 0.225 e. The molecule has 0 amide bonds. The predicted molar refractivity (Wildman–Crippen MR) is 73.8 cm³/mol. The summed E-state index contributed by atoms with van der Waals surface area (Å²) in [6.07, 6.45) is 4.89. The molecule has 1 aromatic rings. The summed E-state index contributed by atoms with van der Waals surface area (Å²) >= 11 is 0. The number of nitrogens with zero attached hydrogens (tertiary/aromatic N) is 3. The first-order chi connectivity index (χ1) is 8.69. The third-order valence-corrected chi connectivity index (χ3v) is 2.83. The van der Waals surface area contributed by atoms with E-state index in [-0.39, 0.29) is 6.04 Å². The average molecular weight is 252 g/mol. The molecule has 0 aliphatic heterocycles. The molecule has 0 saturated carbocycles. The predicted octanol–water partition coefficient (Wildman–Crippen LogP) is 1.45. The highest BCUT2D eigenvalue weighted by Gasteiger charge is 2.11. The largest absolute Gasteiger partial charge is 0.383 e. The fourth-order valence-electron chi connectivity index (χ4n) is 1.58. The van der Waals surface area contributed by atoms with Crippen LogP contribution >= 0.6 is 0 Å². The summed E-state index contributed by atoms with van der Waals surface area (Å²) in [7, 11) is 3.68. The second-order valence-electron chi connectivity index (χ2n) is 4.48. The molecule has 0 bridgehead atoms. The summed E-state index contributed by atoms with van der Waals surface area (Å²) < 4.78 is 5.13. The highest BCUT2D eigenvalue weighted by Crippen LogP contribution is 2.08. The van der Waals surface area contributed by atoms with Crippen LogP contribution in [-0.4, -0.2) is 43.3 Å². The van der Waals surface area contributed by atoms with Crippen molar-refractivity contribution in [2.24, 2.45) is 0 Å². The molecule has 1 heterocycles. The van der Waals surface area contributed by atoms with E-state index in [2.05, 4.69) is 29.1 Å². The van der Waals surface area contributed by atoms with Gasteiger partial charge in [-0.05, 0) is 19.9 Å². The van der Waals surface area contributed by atoms with Gasteiger partial charge in [0.05, 0.1) is 12.6 Å². The molecule has 1 N–H and O–H groups in total. The summed E-state index contributed by atoms with van der Waals surface area (Å²) in [5.74, 6) is 0.735. The topological polar surface area (TPSA) is 50.3 Å². The van der Waals surface area contributed by atoms with Crippen LogP contribution in [0.15, 0.2) is 12.4 Å². The van der Waals surface area contributed by atoms with Crippen molar-refractivity contribution in [2.45, 2.75) is 32.9 Å². The Morgan fingerprint density at radius 2 is 2.06 bits per heavy atom. The van der Waals surface area contributed by atoms with Gasteiger partial charge < -0.3 is 15.0 Å². The molecule has 0 aliphatic rings. The van der Waals surface area contributed by atoms with E-state index in [4.69, 9.17) is 4.74 Å². The summed E-state index contributed by atoms with van der Waals surface area (Å²) in [6.45, 7) is 6.75. The molecule has 0 spiro atoms. The molecule has 18 heavy (non-hydrogen) atoms. The third-order valence-electron chi connectivity index (χ3n) is 2.83. The van der Waals surface area contributed by atoms with Gasteiger partial charge in [-0.1, -0.05) is 6.92 Å². The molecule has 5 nitrogen and oxygen atoms in total. The van der Waals surface area contributed by atoms with Gasteiger partial charge in [-0.3, -0.25) is 0 Å². The van der Waals surface area contributed by atoms with Gasteiger partial charge >= 0.3 is 0 Å². The number of methoxy groups -OCH3 is 1. The maximum absolute atomic E-state index is 5.13. The Bertz CT molecular complexity index is 328. The summed E-state index contributed by atoms with van der Waals surface area (Å²) in [4.78, 5) is 10.8. The van der Waals surface area contributed by atoms with Crippen molar-refractivity contribution in [1.82, 2.24) is 15.3 Å². The first-order valence-corrected chi connectivity index (χ1v) is 6.42. The lowest BCUT2D eigenvalue weighted by Crippen LogP contribution is -2.33. The van der Waals surface area contributed by atoms with Crippen LogP contribution in [0.2, 0.25) is 0 Å². The Balaban J connectivity index is 2.53. The molecule has 5 heteroatoms. The van der Waals surface area contributed by atoms with E-state index in [0.29, 0.717) is 6.61 Å². The lowest BCUT2D eigenvalue weighted by Gasteiger charge is -2.24. The second kappa shape index (κ2) is 8.00. The van der Waals surface area contributed by atoms with Gasteiger partial charge in [0, 0.05) is 38.7 Å². The van der Waals surface area contributed by atoms with Crippen molar-refractivity contribution < 1.29 is 4.74 Å². The SMILES string of the molecule is CCCNCc1cnc(N(C)C(C)COC)nc1. The van der Waals surface area contributed by atoms with E-state index in [1.165, 1.54) is 0 Å². The van der Waals surface area contributed by atoms with Crippen LogP contribution < -0.4 is 10.2 Å². The minimum atomic E-state index is 0.263. The first kappa shape index (κ1) is 14.9. The zero-order chi connectivity index (χ0) is 13.4. The Kier molecular flexibility index (Phi) is 6.60. The van der Waals surface area contributed by atoms with Crippen LogP contribution in [0.1, 0.15) is 25.8 Å². The van der Waals surface area contributed by atoms with Crippen LogP contribution in [0, 0.1) is 0 Å². The van der Waals surface area contributed by atoms with Crippen LogP contribution in [0.25, 0.3) is 0 Å². The van der Waals surface area contributed by atoms with Crippen molar-refractivity contribution >= 4 is 5.95 Å². The Hall–Kier alpha value is -1.20. The summed E-state index contributed by atoms with van der Waals surface area (Å²) in [5, 5.41) is 3.33. The van der Waals surface area contributed by atoms with E-state index in [0.717, 1.165) is 31.0 Å². The molecular weight excluding hydrogens is 228 g/mol. The van der Waals surface area contributed by atoms with Crippen molar-refractivity contribution in [3.05, 3.63) is 18.0 Å². The normalized spacial score (nSPS) is 12.4. The number of ether oxygens (including phenoxy) is 1. The van der Waals surface area contributed by atoms with Crippen LogP contribution in [0.5, 0.6) is 0 Å². The van der Waals surface area contributed by atoms with Gasteiger partial charge in [-0.2, -0.15) is 0 Å². The maximum atomic E-state index is 5.13. The van der Waals surface area contributed by atoms with Gasteiger partial charge in [-0.15, -0.1) is 0 Å². The zero-order valence-corrected chi connectivity index (χ0v) is 11.8. The number of likely N-dealkylation sites (N-methyl/N-ethyl adjacent to an activating group) is 1. The van der Waals surface area contributed by atoms with Gasteiger partial charge in [0.15, 0.2) is 0 Å². The number of hydrogen-bond acceptors (Lipinski definition) is 5. The van der Waals surface area contributed by atoms with Crippen molar-refractivity contribution in [1.29, 1.82) is 0 Å². The fourth-order valence-corrected chi connectivity index (χ4v) is 1.58. The first-order valence-electron chi connectivity index (χ1n) is 6.42. The minimum absolute atomic E-state index is 0.263. The van der Waals surface area contributed by atoms with Crippen LogP contribution in [0.4, 0.5) is 5.95 Å². The van der Waals surface area contributed by atoms with Gasteiger partial charge in [0.25, 0.3) is 0 Å². The van der Waals surface area contributed by atoms with Crippen molar-refractivity contribution in [2.75, 3.05) is 32.2 Å². The maximum Gasteiger partial charge on any atom is 0.225 e. The number of rotatable bonds is 8. The summed E-state index contributed by atoms with van der Waals surface area (Å²) in [5.41, 5.74) is 1.11. The molecule has 1 atom stereocenters. The van der Waals surface area contributed by atoms with E-state index >= 15 is 0 Å². The number of anilines is 1. The van der Waals surface area contributed by atoms with E-state index in [9.17, 15) is 0 Å². The molecule has 1 aromatic heterocycles. The Morgan fingerprint density at radius 3 is 2.61 bits per heavy atom. The fraction of sp³-hybridized carbons (Fsp3) is 0.692. The number of nitrogens with one attached hydrogen (secondary N) is 1. The molecule has 0 aromatic carbocycles. The molecule has 0 fully saturated rings. The standard InChI is InChI=1S/C13H24N4O/c1-5-6-14-7-12-8-15-13(16-9-12)17(3)11(2)10-18-4/h8-9,11,14H,5-7,10H2,1-4H3. The van der Waals surface area contributed by atoms with E-state index in [1.807, 2.05) is 24.3 Å². The van der Waals surface area contributed by atoms with Gasteiger partial charge in [0.1, 0.15) is 0 Å². The zero-order valence-electron chi connectivity index (χ0n) is 11.8. The average Bonchev–Trinajstić information content (AvgIpc) is 2.39. The lowest BCUT2D eigenvalue weighted by atomic mass is 10.3. The molecule has 1 rings (SSSR count). The highest BCUT2D eigenvalue weighted by atomic mass is 16.5. The van der Waals surface area contributed by atoms with Crippen molar-refractivity contribution in [3.63, 3.8) is 0 Å². The lowest BCUT2D eigenvalue weighted by molar-refractivity contribution is 0.183. The Labute approximate surface area is 110 Å². The van der Waals surface area contributed by atoms with Crippen LogP contribution in [-0.2, 0) is 11.3 Å². The van der Waals surface area contributed by atoms with Gasteiger partial charge in [0.2, 0.25) is 5.95 Å². The molecule has 0 saturated heterocycles. The Morgan fingerprint density at radius 1 is 1.39 bits per heavy atom. The molecule has 102 valence electrons. The molecular formula is C13H24N4O. The molecule has 0 radical (unpaired) electrons. The number of hydrogen-bond donors (Lipinski definition) is 1. The minimum Gasteiger partial charge on any atom is -0.383 e. The van der Waals surface area contributed by atoms with Gasteiger partial charge in [-0.25, -0.2) is 9.97 Å². The van der Waals surface area contributed by atoms with E-state index in [1.54, 1.807) is 7.11 Å². The monoisotopic (exact) mass is 252 g/mol. The van der Waals surface area contributed by atoms with E-state index < -0.39 is 0 Å². The van der Waals surface area contributed by atoms with Crippen molar-refractivity contribution in [3.8, 4) is 0 Å². The summed E-state index contributed by atoms with van der Waals surface area (Å²) in [6, 6.07) is 0.263. The molecule has 1 unspecified atom stereocenters. The highest BCUT2D eigenvalue weighted by molar-refractivity contribution is 5.29. The third kappa shape index (κ3) is 4.58. The quantitative estimate of drug-likeness (QED) is 0.710. The second-order valence-corrected chi connectivity index (χ2v) is 4.48. The number of aromatic nitrogens is 2. The van der Waals surface area contributed by atoms with Crippen LogP contribution in [0.3, 0.4) is 0 Å². The molecule has 0 aliphatic carbocycles.